The summed E-state index contributed by atoms with van der Waals surface area (Å²) in [5, 5.41) is 3.50. The summed E-state index contributed by atoms with van der Waals surface area (Å²) in [6.07, 6.45) is 2.57. The van der Waals surface area contributed by atoms with Crippen molar-refractivity contribution >= 4 is 11.8 Å². The van der Waals surface area contributed by atoms with Crippen LogP contribution in [-0.4, -0.2) is 36.3 Å². The van der Waals surface area contributed by atoms with Crippen molar-refractivity contribution in [2.45, 2.75) is 31.4 Å². The van der Waals surface area contributed by atoms with Crippen molar-refractivity contribution in [2.24, 2.45) is 0 Å². The maximum atomic E-state index is 5.94. The molecule has 0 aromatic carbocycles. The lowest BCUT2D eigenvalue weighted by molar-refractivity contribution is -0.0709. The Hall–Kier alpha value is 0.270. The molecular formula is C9H17NOS. The highest BCUT2D eigenvalue weighted by Crippen LogP contribution is 2.31. The lowest BCUT2D eigenvalue weighted by atomic mass is 9.97. The molecule has 0 amide bonds. The Morgan fingerprint density at radius 2 is 2.50 bits per heavy atom. The summed E-state index contributed by atoms with van der Waals surface area (Å²) in [7, 11) is 0. The Labute approximate surface area is 78.4 Å². The number of rotatable bonds is 0. The summed E-state index contributed by atoms with van der Waals surface area (Å²) < 4.78 is 5.94. The van der Waals surface area contributed by atoms with Gasteiger partial charge in [0.1, 0.15) is 0 Å². The Balaban J connectivity index is 1.92. The van der Waals surface area contributed by atoms with Crippen LogP contribution in [0.2, 0.25) is 0 Å². The van der Waals surface area contributed by atoms with Gasteiger partial charge >= 0.3 is 0 Å². The van der Waals surface area contributed by atoms with E-state index in [2.05, 4.69) is 12.2 Å². The highest BCUT2D eigenvalue weighted by molar-refractivity contribution is 7.99. The Morgan fingerprint density at radius 3 is 3.08 bits per heavy atom. The average Bonchev–Trinajstić information content (AvgIpc) is 2.13. The van der Waals surface area contributed by atoms with Gasteiger partial charge in [-0.25, -0.2) is 0 Å². The predicted octanol–water partition coefficient (Wildman–Crippen LogP) is 1.26. The van der Waals surface area contributed by atoms with Crippen molar-refractivity contribution in [2.75, 3.05) is 24.7 Å². The monoisotopic (exact) mass is 187 g/mol. The van der Waals surface area contributed by atoms with E-state index in [4.69, 9.17) is 4.74 Å². The zero-order valence-corrected chi connectivity index (χ0v) is 8.45. The molecule has 1 spiro atoms. The van der Waals surface area contributed by atoms with Crippen LogP contribution in [-0.2, 0) is 4.74 Å². The normalized spacial score (nSPS) is 43.2. The van der Waals surface area contributed by atoms with Crippen molar-refractivity contribution in [1.82, 2.24) is 5.32 Å². The first-order valence-corrected chi connectivity index (χ1v) is 5.91. The fourth-order valence-corrected chi connectivity index (χ4v) is 3.05. The molecule has 2 unspecified atom stereocenters. The van der Waals surface area contributed by atoms with Gasteiger partial charge in [-0.3, -0.25) is 0 Å². The van der Waals surface area contributed by atoms with E-state index in [1.165, 1.54) is 24.3 Å². The van der Waals surface area contributed by atoms with Gasteiger partial charge in [0.05, 0.1) is 12.2 Å². The molecule has 0 radical (unpaired) electrons. The van der Waals surface area contributed by atoms with Crippen molar-refractivity contribution in [3.63, 3.8) is 0 Å². The third-order valence-electron chi connectivity index (χ3n) is 2.70. The summed E-state index contributed by atoms with van der Waals surface area (Å²) in [5.74, 6) is 2.51. The lowest BCUT2D eigenvalue weighted by Gasteiger charge is -2.42. The van der Waals surface area contributed by atoms with E-state index in [-0.39, 0.29) is 5.60 Å². The van der Waals surface area contributed by atoms with E-state index in [1.807, 2.05) is 11.8 Å². The molecule has 3 heteroatoms. The zero-order valence-electron chi connectivity index (χ0n) is 7.64. The van der Waals surface area contributed by atoms with Crippen LogP contribution in [0.15, 0.2) is 0 Å². The Bertz CT molecular complexity index is 147. The van der Waals surface area contributed by atoms with Gasteiger partial charge in [0.15, 0.2) is 0 Å². The molecule has 0 aliphatic carbocycles. The fourth-order valence-electron chi connectivity index (χ4n) is 1.85. The molecule has 2 saturated heterocycles. The van der Waals surface area contributed by atoms with Gasteiger partial charge in [-0.05, 0) is 25.5 Å². The van der Waals surface area contributed by atoms with Crippen LogP contribution in [0.1, 0.15) is 19.8 Å². The molecule has 70 valence electrons. The van der Waals surface area contributed by atoms with Crippen LogP contribution in [0, 0.1) is 0 Å². The molecule has 0 aromatic rings. The molecule has 1 N–H and O–H groups in total. The minimum Gasteiger partial charge on any atom is -0.371 e. The first-order chi connectivity index (χ1) is 5.81. The molecule has 2 atom stereocenters. The molecule has 0 bridgehead atoms. The summed E-state index contributed by atoms with van der Waals surface area (Å²) in [5.41, 5.74) is 0.190. The number of nitrogens with one attached hydrogen (secondary N) is 1. The molecule has 2 aliphatic rings. The number of hydrogen-bond donors (Lipinski definition) is 1. The average molecular weight is 187 g/mol. The van der Waals surface area contributed by atoms with Crippen LogP contribution < -0.4 is 5.32 Å². The second-order valence-electron chi connectivity index (χ2n) is 3.93. The molecule has 2 rings (SSSR count). The van der Waals surface area contributed by atoms with Gasteiger partial charge in [-0.1, -0.05) is 0 Å². The van der Waals surface area contributed by atoms with Gasteiger partial charge < -0.3 is 10.1 Å². The van der Waals surface area contributed by atoms with E-state index >= 15 is 0 Å². The smallest absolute Gasteiger partial charge is 0.0897 e. The van der Waals surface area contributed by atoms with Gasteiger partial charge in [0.25, 0.3) is 0 Å². The third kappa shape index (κ3) is 1.78. The van der Waals surface area contributed by atoms with E-state index in [0.717, 1.165) is 13.2 Å². The first-order valence-electron chi connectivity index (χ1n) is 4.76. The second-order valence-corrected chi connectivity index (χ2v) is 5.04. The Kier molecular flexibility index (Phi) is 2.63. The van der Waals surface area contributed by atoms with Crippen LogP contribution in [0.3, 0.4) is 0 Å². The SMILES string of the molecule is CC1COC2(CCCSC2)CN1. The predicted molar refractivity (Wildman–Crippen MR) is 52.7 cm³/mol. The second kappa shape index (κ2) is 3.56. The zero-order chi connectivity index (χ0) is 8.44. The fraction of sp³-hybridized carbons (Fsp3) is 1.00. The molecule has 0 saturated carbocycles. The third-order valence-corrected chi connectivity index (χ3v) is 4.01. The number of ether oxygens (including phenoxy) is 1. The van der Waals surface area contributed by atoms with Crippen molar-refractivity contribution in [3.8, 4) is 0 Å². The van der Waals surface area contributed by atoms with E-state index in [1.54, 1.807) is 0 Å². The first kappa shape index (κ1) is 8.85. The minimum atomic E-state index is 0.190. The quantitative estimate of drug-likeness (QED) is 0.617. The van der Waals surface area contributed by atoms with E-state index in [9.17, 15) is 0 Å². The van der Waals surface area contributed by atoms with Crippen LogP contribution >= 0.6 is 11.8 Å². The van der Waals surface area contributed by atoms with Crippen LogP contribution in [0.5, 0.6) is 0 Å². The summed E-state index contributed by atoms with van der Waals surface area (Å²) in [6, 6.07) is 0.544. The molecule has 2 fully saturated rings. The van der Waals surface area contributed by atoms with E-state index < -0.39 is 0 Å². The minimum absolute atomic E-state index is 0.190. The molecule has 2 heterocycles. The van der Waals surface area contributed by atoms with Crippen LogP contribution in [0.25, 0.3) is 0 Å². The molecular weight excluding hydrogens is 170 g/mol. The summed E-state index contributed by atoms with van der Waals surface area (Å²) in [6.45, 7) is 4.13. The van der Waals surface area contributed by atoms with Crippen molar-refractivity contribution in [1.29, 1.82) is 0 Å². The highest BCUT2D eigenvalue weighted by atomic mass is 32.2. The van der Waals surface area contributed by atoms with Gasteiger partial charge in [-0.2, -0.15) is 11.8 Å². The standard InChI is InChI=1S/C9H17NOS/c1-8-5-11-9(6-10-8)3-2-4-12-7-9/h8,10H,2-7H2,1H3. The number of hydrogen-bond acceptors (Lipinski definition) is 3. The largest absolute Gasteiger partial charge is 0.371 e. The van der Waals surface area contributed by atoms with Gasteiger partial charge in [0, 0.05) is 18.3 Å². The Morgan fingerprint density at radius 1 is 1.58 bits per heavy atom. The molecule has 2 nitrogen and oxygen atoms in total. The molecule has 0 aromatic heterocycles. The topological polar surface area (TPSA) is 21.3 Å². The van der Waals surface area contributed by atoms with Crippen LogP contribution in [0.4, 0.5) is 0 Å². The van der Waals surface area contributed by atoms with E-state index in [0.29, 0.717) is 6.04 Å². The number of thioether (sulfide) groups is 1. The molecule has 12 heavy (non-hydrogen) atoms. The summed E-state index contributed by atoms with van der Waals surface area (Å²) in [4.78, 5) is 0. The lowest BCUT2D eigenvalue weighted by Crippen LogP contribution is -2.56. The van der Waals surface area contributed by atoms with Crippen molar-refractivity contribution < 1.29 is 4.74 Å². The maximum Gasteiger partial charge on any atom is 0.0897 e. The maximum absolute atomic E-state index is 5.94. The van der Waals surface area contributed by atoms with Gasteiger partial charge in [0.2, 0.25) is 0 Å². The highest BCUT2D eigenvalue weighted by Gasteiger charge is 2.36. The van der Waals surface area contributed by atoms with Gasteiger partial charge in [-0.15, -0.1) is 0 Å². The van der Waals surface area contributed by atoms with Crippen molar-refractivity contribution in [3.05, 3.63) is 0 Å². The summed E-state index contributed by atoms with van der Waals surface area (Å²) >= 11 is 2.04. The molecule has 2 aliphatic heterocycles. The number of morpholine rings is 1.